The highest BCUT2D eigenvalue weighted by Crippen LogP contribution is 2.48. The number of halogens is 1. The van der Waals surface area contributed by atoms with Crippen molar-refractivity contribution in [2.24, 2.45) is 11.8 Å². The van der Waals surface area contributed by atoms with E-state index >= 15 is 0 Å². The molecule has 0 N–H and O–H groups in total. The summed E-state index contributed by atoms with van der Waals surface area (Å²) in [6.45, 7) is 4.57. The third-order valence-corrected chi connectivity index (χ3v) is 4.63. The van der Waals surface area contributed by atoms with Gasteiger partial charge in [-0.25, -0.2) is 0 Å². The molecule has 1 aromatic heterocycles. The number of fused-ring (bicyclic) bond motifs is 4. The van der Waals surface area contributed by atoms with Crippen LogP contribution in [-0.2, 0) is 4.74 Å². The summed E-state index contributed by atoms with van der Waals surface area (Å²) in [5, 5.41) is 0. The lowest BCUT2D eigenvalue weighted by Crippen LogP contribution is -2.43. The van der Waals surface area contributed by atoms with Crippen LogP contribution in [0.1, 0.15) is 20.1 Å². The Morgan fingerprint density at radius 2 is 2.39 bits per heavy atom. The van der Waals surface area contributed by atoms with Crippen molar-refractivity contribution in [2.75, 3.05) is 12.5 Å². The molecule has 2 aliphatic heterocycles. The molecule has 4 atom stereocenters. The Morgan fingerprint density at radius 1 is 1.61 bits per heavy atom. The second-order valence-electron chi connectivity index (χ2n) is 5.10. The molecule has 3 heterocycles. The minimum Gasteiger partial charge on any atom is -0.461 e. The van der Waals surface area contributed by atoms with Crippen LogP contribution < -0.4 is 10.3 Å². The molecule has 0 radical (unpaired) electrons. The summed E-state index contributed by atoms with van der Waals surface area (Å²) < 4.78 is 13.5. The van der Waals surface area contributed by atoms with E-state index in [0.29, 0.717) is 18.5 Å². The van der Waals surface area contributed by atoms with Crippen LogP contribution in [0.15, 0.2) is 17.1 Å². The average Bonchev–Trinajstić information content (AvgIpc) is 2.54. The van der Waals surface area contributed by atoms with Gasteiger partial charge in [-0.1, -0.05) is 13.8 Å². The second kappa shape index (κ2) is 3.96. The lowest BCUT2D eigenvalue weighted by molar-refractivity contribution is -0.0746. The van der Waals surface area contributed by atoms with Crippen molar-refractivity contribution in [1.29, 1.82) is 0 Å². The molecule has 0 unspecified atom stereocenters. The van der Waals surface area contributed by atoms with Crippen LogP contribution in [0.3, 0.4) is 0 Å². The van der Waals surface area contributed by atoms with E-state index in [-0.39, 0.29) is 23.6 Å². The maximum absolute atomic E-state index is 11.3. The van der Waals surface area contributed by atoms with Crippen molar-refractivity contribution in [2.45, 2.75) is 25.7 Å². The third-order valence-electron chi connectivity index (χ3n) is 4.17. The average molecular weight is 271 g/mol. The van der Waals surface area contributed by atoms with Crippen LogP contribution in [0.4, 0.5) is 0 Å². The smallest absolute Gasteiger partial charge is 0.301 e. The van der Waals surface area contributed by atoms with Gasteiger partial charge < -0.3 is 9.47 Å². The number of alkyl halides is 1. The maximum Gasteiger partial charge on any atom is 0.301 e. The van der Waals surface area contributed by atoms with E-state index in [2.05, 4.69) is 18.8 Å². The molecule has 5 nitrogen and oxygen atoms in total. The molecule has 1 aromatic rings. The minimum atomic E-state index is -0.498. The molecule has 1 saturated heterocycles. The standard InChI is InChI=1S/C12H15ClN2O3/c1-7-8(2)12(5-13)6-17-11-14-9(16)3-4-15(11)10(7)18-12/h3-4,7-8,10H,5-6H2,1-2H3/t7-,8-,10+,12+/m0/s1. The molecule has 0 saturated carbocycles. The normalized spacial score (nSPS) is 37.8. The van der Waals surface area contributed by atoms with Gasteiger partial charge in [0, 0.05) is 18.2 Å². The summed E-state index contributed by atoms with van der Waals surface area (Å²) >= 11 is 6.07. The second-order valence-corrected chi connectivity index (χ2v) is 5.37. The third kappa shape index (κ3) is 1.50. The van der Waals surface area contributed by atoms with Gasteiger partial charge in [-0.2, -0.15) is 4.98 Å². The Bertz CT molecular complexity index is 532. The number of hydrogen-bond acceptors (Lipinski definition) is 4. The molecule has 0 spiro atoms. The molecule has 0 aliphatic carbocycles. The monoisotopic (exact) mass is 270 g/mol. The van der Waals surface area contributed by atoms with Gasteiger partial charge in [-0.15, -0.1) is 11.6 Å². The van der Waals surface area contributed by atoms with Gasteiger partial charge in [-0.05, 0) is 5.92 Å². The fraction of sp³-hybridized carbons (Fsp3) is 0.667. The molecule has 1 fully saturated rings. The van der Waals surface area contributed by atoms with Gasteiger partial charge in [0.15, 0.2) is 0 Å². The lowest BCUT2D eigenvalue weighted by atomic mass is 9.84. The molecule has 2 aliphatic rings. The van der Waals surface area contributed by atoms with E-state index in [4.69, 9.17) is 21.1 Å². The maximum atomic E-state index is 11.3. The number of nitrogens with zero attached hydrogens (tertiary/aromatic N) is 2. The zero-order chi connectivity index (χ0) is 12.9. The number of hydrogen-bond donors (Lipinski definition) is 0. The van der Waals surface area contributed by atoms with Crippen molar-refractivity contribution >= 4 is 11.6 Å². The number of rotatable bonds is 1. The first kappa shape index (κ1) is 12.0. The van der Waals surface area contributed by atoms with Gasteiger partial charge in [0.2, 0.25) is 0 Å². The van der Waals surface area contributed by atoms with E-state index < -0.39 is 5.60 Å². The van der Waals surface area contributed by atoms with Crippen LogP contribution in [0.5, 0.6) is 6.01 Å². The minimum absolute atomic E-state index is 0.177. The summed E-state index contributed by atoms with van der Waals surface area (Å²) in [7, 11) is 0. The van der Waals surface area contributed by atoms with Crippen LogP contribution in [-0.4, -0.2) is 27.6 Å². The van der Waals surface area contributed by atoms with Crippen molar-refractivity contribution < 1.29 is 9.47 Å². The molecule has 0 aromatic carbocycles. The zero-order valence-corrected chi connectivity index (χ0v) is 11.1. The van der Waals surface area contributed by atoms with Crippen LogP contribution in [0.25, 0.3) is 0 Å². The number of aromatic nitrogens is 2. The van der Waals surface area contributed by atoms with E-state index in [9.17, 15) is 4.79 Å². The molecular formula is C12H15ClN2O3. The Labute approximate surface area is 110 Å². The summed E-state index contributed by atoms with van der Waals surface area (Å²) in [5.74, 6) is 0.941. The highest BCUT2D eigenvalue weighted by molar-refractivity contribution is 6.18. The van der Waals surface area contributed by atoms with Crippen molar-refractivity contribution in [3.05, 3.63) is 22.6 Å². The summed E-state index contributed by atoms with van der Waals surface area (Å²) in [5.41, 5.74) is -0.804. The highest BCUT2D eigenvalue weighted by atomic mass is 35.5. The fourth-order valence-corrected chi connectivity index (χ4v) is 3.12. The highest BCUT2D eigenvalue weighted by Gasteiger charge is 2.53. The van der Waals surface area contributed by atoms with Crippen molar-refractivity contribution in [3.8, 4) is 6.01 Å². The van der Waals surface area contributed by atoms with E-state index in [1.807, 2.05) is 0 Å². The van der Waals surface area contributed by atoms with Crippen LogP contribution in [0, 0.1) is 11.8 Å². The lowest BCUT2D eigenvalue weighted by Gasteiger charge is -2.30. The Hall–Kier alpha value is -1.07. The number of ether oxygens (including phenoxy) is 2. The van der Waals surface area contributed by atoms with Gasteiger partial charge in [0.1, 0.15) is 18.4 Å². The first-order valence-electron chi connectivity index (χ1n) is 6.03. The van der Waals surface area contributed by atoms with Crippen molar-refractivity contribution in [3.63, 3.8) is 0 Å². The molecule has 6 heteroatoms. The molecule has 18 heavy (non-hydrogen) atoms. The molecule has 3 rings (SSSR count). The largest absolute Gasteiger partial charge is 0.461 e. The SMILES string of the molecule is C[C@@H]1[C@H]2O[C@](CCl)(COc3nc(=O)ccn32)[C@H]1C. The zero-order valence-electron chi connectivity index (χ0n) is 10.3. The van der Waals surface area contributed by atoms with E-state index in [0.717, 1.165) is 0 Å². The summed E-state index contributed by atoms with van der Waals surface area (Å²) in [6.07, 6.45) is 1.50. The Balaban J connectivity index is 2.11. The van der Waals surface area contributed by atoms with Gasteiger partial charge in [-0.3, -0.25) is 9.36 Å². The molecule has 0 amide bonds. The van der Waals surface area contributed by atoms with E-state index in [1.165, 1.54) is 6.07 Å². The first-order valence-corrected chi connectivity index (χ1v) is 6.56. The fourth-order valence-electron chi connectivity index (χ4n) is 2.73. The Kier molecular flexibility index (Phi) is 2.64. The predicted molar refractivity (Wildman–Crippen MR) is 65.9 cm³/mol. The van der Waals surface area contributed by atoms with Gasteiger partial charge in [0.05, 0.1) is 5.88 Å². The molecule has 98 valence electrons. The topological polar surface area (TPSA) is 53.4 Å². The molecule has 2 bridgehead atoms. The van der Waals surface area contributed by atoms with Crippen LogP contribution >= 0.6 is 11.6 Å². The van der Waals surface area contributed by atoms with Crippen molar-refractivity contribution in [1.82, 2.24) is 9.55 Å². The van der Waals surface area contributed by atoms with Gasteiger partial charge in [0.25, 0.3) is 5.56 Å². The quantitative estimate of drug-likeness (QED) is 0.724. The van der Waals surface area contributed by atoms with Gasteiger partial charge >= 0.3 is 6.01 Å². The van der Waals surface area contributed by atoms with E-state index in [1.54, 1.807) is 10.8 Å². The summed E-state index contributed by atoms with van der Waals surface area (Å²) in [6, 6.07) is 1.73. The Morgan fingerprint density at radius 3 is 3.11 bits per heavy atom. The predicted octanol–water partition coefficient (Wildman–Crippen LogP) is 1.41. The van der Waals surface area contributed by atoms with Crippen LogP contribution in [0.2, 0.25) is 0 Å². The molecular weight excluding hydrogens is 256 g/mol. The summed E-state index contributed by atoms with van der Waals surface area (Å²) in [4.78, 5) is 15.2. The first-order chi connectivity index (χ1) is 8.57.